The smallest absolute Gasteiger partial charge is 0.0701 e. The molecule has 0 spiro atoms. The van der Waals surface area contributed by atoms with Gasteiger partial charge in [-0.05, 0) is 0 Å². The van der Waals surface area contributed by atoms with E-state index in [0.29, 0.717) is 0 Å². The molecule has 0 amide bonds. The fraction of sp³-hybridized carbons (Fsp3) is 1.00. The van der Waals surface area contributed by atoms with Gasteiger partial charge in [0, 0.05) is 6.15 Å². The number of hydrogen-bond donors (Lipinski definition) is 0. The summed E-state index contributed by atoms with van der Waals surface area (Å²) < 4.78 is 9.89. The fourth-order valence-corrected chi connectivity index (χ4v) is 0.440. The zero-order valence-corrected chi connectivity index (χ0v) is 4.00. The van der Waals surface area contributed by atoms with Crippen LogP contribution in [0.15, 0.2) is 0 Å². The first-order chi connectivity index (χ1) is 3.00. The standard InChI is InChI=1S/C4H8O2.Ne/c1-2-6-4-3-5-1;/h1-4H2;. The molecule has 1 fully saturated rings. The summed E-state index contributed by atoms with van der Waals surface area (Å²) in [6.07, 6.45) is 0. The Hall–Kier alpha value is -0.171. The third kappa shape index (κ3) is 2.52. The minimum absolute atomic E-state index is 0. The number of ether oxygens (including phenoxy) is 2. The molecule has 0 aromatic carbocycles. The molecule has 2 nitrogen and oxygen atoms in total. The van der Waals surface area contributed by atoms with Gasteiger partial charge in [0.05, 0.1) is 26.4 Å². The van der Waals surface area contributed by atoms with E-state index in [1.165, 1.54) is 0 Å². The third-order valence-corrected chi connectivity index (χ3v) is 0.744. The minimum Gasteiger partial charge on any atom is -0.377 e. The maximum Gasteiger partial charge on any atom is 0.0701 e. The van der Waals surface area contributed by atoms with Gasteiger partial charge in [-0.15, -0.1) is 0 Å². The average molecular weight is 108 g/mol. The molecule has 0 aromatic rings. The molecule has 0 saturated carbocycles. The van der Waals surface area contributed by atoms with E-state index in [0.717, 1.165) is 26.4 Å². The molecular weight excluding hydrogens is 100 g/mol. The zero-order valence-electron chi connectivity index (χ0n) is 4.00. The van der Waals surface area contributed by atoms with Gasteiger partial charge < -0.3 is 9.47 Å². The van der Waals surface area contributed by atoms with Gasteiger partial charge in [0.1, 0.15) is 0 Å². The van der Waals surface area contributed by atoms with Gasteiger partial charge >= 0.3 is 0 Å². The van der Waals surface area contributed by atoms with Crippen molar-refractivity contribution in [2.24, 2.45) is 0 Å². The maximum atomic E-state index is 4.94. The molecule has 0 N–H and O–H groups in total. The van der Waals surface area contributed by atoms with Crippen molar-refractivity contribution in [1.82, 2.24) is 0 Å². The molecule has 0 atom stereocenters. The summed E-state index contributed by atoms with van der Waals surface area (Å²) in [7, 11) is 0. The van der Waals surface area contributed by atoms with E-state index < -0.39 is 0 Å². The molecule has 0 aliphatic carbocycles. The van der Waals surface area contributed by atoms with Gasteiger partial charge in [-0.25, -0.2) is 0 Å². The Bertz CT molecular complexity index is 25.2. The topological polar surface area (TPSA) is 18.5 Å². The van der Waals surface area contributed by atoms with E-state index in [4.69, 9.17) is 9.47 Å². The van der Waals surface area contributed by atoms with Crippen molar-refractivity contribution in [3.8, 4) is 0 Å². The van der Waals surface area contributed by atoms with Crippen LogP contribution in [-0.2, 0) is 9.47 Å². The van der Waals surface area contributed by atoms with Crippen molar-refractivity contribution in [3.63, 3.8) is 0 Å². The first-order valence-corrected chi connectivity index (χ1v) is 2.15. The summed E-state index contributed by atoms with van der Waals surface area (Å²) in [6, 6.07) is 0. The van der Waals surface area contributed by atoms with Crippen LogP contribution in [0.1, 0.15) is 0 Å². The minimum atomic E-state index is 0. The van der Waals surface area contributed by atoms with E-state index in [-0.39, 0.29) is 6.15 Å². The van der Waals surface area contributed by atoms with Gasteiger partial charge in [-0.2, -0.15) is 0 Å². The molecule has 1 saturated heterocycles. The van der Waals surface area contributed by atoms with Crippen LogP contribution in [-0.4, -0.2) is 26.4 Å². The van der Waals surface area contributed by atoms with Crippen molar-refractivity contribution in [1.29, 1.82) is 0 Å². The monoisotopic (exact) mass is 108 g/mol. The Morgan fingerprint density at radius 1 is 0.714 bits per heavy atom. The van der Waals surface area contributed by atoms with Crippen molar-refractivity contribution < 1.29 is 15.6 Å². The van der Waals surface area contributed by atoms with E-state index in [1.807, 2.05) is 0 Å². The second-order valence-electron chi connectivity index (χ2n) is 1.22. The molecule has 0 bridgehead atoms. The summed E-state index contributed by atoms with van der Waals surface area (Å²) >= 11 is 0. The predicted molar refractivity (Wildman–Crippen MR) is 21.6 cm³/mol. The Kier molecular flexibility index (Phi) is 3.90. The van der Waals surface area contributed by atoms with Crippen molar-refractivity contribution in [2.45, 2.75) is 0 Å². The molecule has 1 heterocycles. The third-order valence-electron chi connectivity index (χ3n) is 0.744. The Balaban J connectivity index is 0.000000360. The normalized spacial score (nSPS) is 20.6. The van der Waals surface area contributed by atoms with Crippen LogP contribution in [0.4, 0.5) is 0 Å². The van der Waals surface area contributed by atoms with Crippen LogP contribution in [0.2, 0.25) is 0 Å². The Morgan fingerprint density at radius 2 is 1.00 bits per heavy atom. The average Bonchev–Trinajstić information content (AvgIpc) is 1.72. The predicted octanol–water partition coefficient (Wildman–Crippen LogP) is 0.0332. The van der Waals surface area contributed by atoms with E-state index in [1.54, 1.807) is 0 Å². The Labute approximate surface area is 43.2 Å². The molecule has 0 radical (unpaired) electrons. The SMILES string of the molecule is C1COCCO1.[Ne]. The Morgan fingerprint density at radius 3 is 1.14 bits per heavy atom. The van der Waals surface area contributed by atoms with Crippen molar-refractivity contribution >= 4 is 0 Å². The van der Waals surface area contributed by atoms with Gasteiger partial charge in [0.15, 0.2) is 0 Å². The van der Waals surface area contributed by atoms with Gasteiger partial charge in [0.25, 0.3) is 0 Å². The van der Waals surface area contributed by atoms with Crippen LogP contribution in [0.5, 0.6) is 0 Å². The van der Waals surface area contributed by atoms with Crippen LogP contribution in [0, 0.1) is 6.15 Å². The quantitative estimate of drug-likeness (QED) is 0.436. The molecule has 1 aliphatic rings. The van der Waals surface area contributed by atoms with E-state index in [2.05, 4.69) is 0 Å². The van der Waals surface area contributed by atoms with E-state index in [9.17, 15) is 0 Å². The first kappa shape index (κ1) is 6.83. The van der Waals surface area contributed by atoms with Crippen LogP contribution in [0.25, 0.3) is 0 Å². The van der Waals surface area contributed by atoms with Crippen LogP contribution in [0.3, 0.4) is 0 Å². The maximum absolute atomic E-state index is 4.94. The summed E-state index contributed by atoms with van der Waals surface area (Å²) in [5.74, 6) is 0. The molecule has 7 heavy (non-hydrogen) atoms. The summed E-state index contributed by atoms with van der Waals surface area (Å²) in [4.78, 5) is 0. The molecule has 1 aliphatic heterocycles. The summed E-state index contributed by atoms with van der Waals surface area (Å²) in [6.45, 7) is 3.11. The largest absolute Gasteiger partial charge is 0.377 e. The van der Waals surface area contributed by atoms with Gasteiger partial charge in [-0.1, -0.05) is 0 Å². The van der Waals surface area contributed by atoms with Crippen molar-refractivity contribution in [2.75, 3.05) is 26.4 Å². The second kappa shape index (κ2) is 4.00. The molecule has 0 aromatic heterocycles. The van der Waals surface area contributed by atoms with E-state index >= 15 is 0 Å². The van der Waals surface area contributed by atoms with Gasteiger partial charge in [0.2, 0.25) is 0 Å². The first-order valence-electron chi connectivity index (χ1n) is 2.15. The molecule has 0 unspecified atom stereocenters. The number of hydrogen-bond acceptors (Lipinski definition) is 2. The van der Waals surface area contributed by atoms with Crippen LogP contribution >= 0.6 is 0 Å². The second-order valence-corrected chi connectivity index (χ2v) is 1.22. The fourth-order valence-electron chi connectivity index (χ4n) is 0.440. The van der Waals surface area contributed by atoms with Crippen molar-refractivity contribution in [3.05, 3.63) is 0 Å². The molecule has 44 valence electrons. The zero-order chi connectivity index (χ0) is 4.24. The summed E-state index contributed by atoms with van der Waals surface area (Å²) in [5.41, 5.74) is 0. The van der Waals surface area contributed by atoms with Gasteiger partial charge in [-0.3, -0.25) is 0 Å². The number of rotatable bonds is 0. The summed E-state index contributed by atoms with van der Waals surface area (Å²) in [5, 5.41) is 0. The molecule has 1 rings (SSSR count). The van der Waals surface area contributed by atoms with Crippen LogP contribution < -0.4 is 0 Å². The molecular formula is C4H8NeO2. The molecule has 3 heteroatoms.